The summed E-state index contributed by atoms with van der Waals surface area (Å²) in [5.41, 5.74) is -0.437. The lowest BCUT2D eigenvalue weighted by molar-refractivity contribution is -0.163. The molecule has 3 rings (SSSR count). The molecule has 0 radical (unpaired) electrons. The third-order valence-electron chi connectivity index (χ3n) is 5.89. The van der Waals surface area contributed by atoms with Gasteiger partial charge in [-0.1, -0.05) is 72.2 Å². The molecular formula is C27H33BrN2O4. The van der Waals surface area contributed by atoms with Crippen molar-refractivity contribution in [1.82, 2.24) is 9.80 Å². The Morgan fingerprint density at radius 2 is 1.62 bits per heavy atom. The van der Waals surface area contributed by atoms with Crippen LogP contribution >= 0.6 is 15.9 Å². The van der Waals surface area contributed by atoms with E-state index < -0.39 is 35.1 Å². The van der Waals surface area contributed by atoms with Crippen LogP contribution in [-0.4, -0.2) is 39.4 Å². The molecule has 1 aliphatic heterocycles. The Morgan fingerprint density at radius 3 is 2.15 bits per heavy atom. The second-order valence-electron chi connectivity index (χ2n) is 10.3. The smallest absolute Gasteiger partial charge is 0.329 e. The minimum absolute atomic E-state index is 0.0697. The standard InChI is InChI=1S/C27H33BrN2O4/c1-18(2)16-22(23(31)34-26(3,4)5)30-24(32)27(6,20-12-14-21(28)15-13-20)29(25(30)33)17-19-10-8-7-9-11-19/h7-15,18,22H,16-17H2,1-6H3/t22-,27+/m1/s1. The number of carbonyl (C=O) groups excluding carboxylic acids is 3. The van der Waals surface area contributed by atoms with Crippen molar-refractivity contribution in [1.29, 1.82) is 0 Å². The van der Waals surface area contributed by atoms with Crippen molar-refractivity contribution in [3.8, 4) is 0 Å². The lowest BCUT2D eigenvalue weighted by Gasteiger charge is -2.32. The SMILES string of the molecule is CC(C)C[C@H](C(=O)OC(C)(C)C)N1C(=O)N(Cc2ccccc2)[C@@](C)(c2ccc(Br)cc2)C1=O. The number of rotatable bonds is 7. The zero-order valence-corrected chi connectivity index (χ0v) is 22.3. The van der Waals surface area contributed by atoms with E-state index in [0.29, 0.717) is 12.0 Å². The molecule has 2 aromatic rings. The molecule has 1 saturated heterocycles. The van der Waals surface area contributed by atoms with Crippen LogP contribution in [0.25, 0.3) is 0 Å². The van der Waals surface area contributed by atoms with Gasteiger partial charge in [0.15, 0.2) is 0 Å². The molecule has 0 aliphatic carbocycles. The van der Waals surface area contributed by atoms with E-state index in [-0.39, 0.29) is 12.5 Å². The number of imide groups is 1. The van der Waals surface area contributed by atoms with Crippen molar-refractivity contribution in [3.05, 3.63) is 70.2 Å². The normalized spacial score (nSPS) is 19.6. The van der Waals surface area contributed by atoms with Crippen LogP contribution in [0.3, 0.4) is 0 Å². The summed E-state index contributed by atoms with van der Waals surface area (Å²) in [6.45, 7) is 11.2. The molecule has 6 nitrogen and oxygen atoms in total. The van der Waals surface area contributed by atoms with E-state index >= 15 is 0 Å². The maximum atomic E-state index is 14.1. The number of carbonyl (C=O) groups is 3. The summed E-state index contributed by atoms with van der Waals surface area (Å²) in [7, 11) is 0. The van der Waals surface area contributed by atoms with E-state index in [1.54, 1.807) is 32.6 Å². The first-order valence-electron chi connectivity index (χ1n) is 11.5. The predicted molar refractivity (Wildman–Crippen MR) is 135 cm³/mol. The maximum Gasteiger partial charge on any atom is 0.329 e. The highest BCUT2D eigenvalue weighted by Gasteiger charge is 2.58. The summed E-state index contributed by atoms with van der Waals surface area (Å²) >= 11 is 3.44. The van der Waals surface area contributed by atoms with Gasteiger partial charge in [0.2, 0.25) is 0 Å². The van der Waals surface area contributed by atoms with Gasteiger partial charge in [-0.05, 0) is 63.3 Å². The fourth-order valence-electron chi connectivity index (χ4n) is 4.20. The van der Waals surface area contributed by atoms with Crippen molar-refractivity contribution in [2.24, 2.45) is 5.92 Å². The number of benzene rings is 2. The Labute approximate surface area is 210 Å². The van der Waals surface area contributed by atoms with Gasteiger partial charge in [-0.3, -0.25) is 4.79 Å². The molecule has 2 aromatic carbocycles. The van der Waals surface area contributed by atoms with Crippen LogP contribution in [-0.2, 0) is 26.4 Å². The van der Waals surface area contributed by atoms with Crippen molar-refractivity contribution in [2.45, 2.75) is 71.7 Å². The van der Waals surface area contributed by atoms with Gasteiger partial charge in [0.1, 0.15) is 17.2 Å². The average Bonchev–Trinajstić information content (AvgIpc) is 2.93. The van der Waals surface area contributed by atoms with Crippen molar-refractivity contribution in [2.75, 3.05) is 0 Å². The zero-order valence-electron chi connectivity index (χ0n) is 20.7. The van der Waals surface area contributed by atoms with Crippen LogP contribution < -0.4 is 0 Å². The Morgan fingerprint density at radius 1 is 1.03 bits per heavy atom. The molecule has 3 amide bonds. The minimum Gasteiger partial charge on any atom is -0.458 e. The van der Waals surface area contributed by atoms with E-state index in [9.17, 15) is 14.4 Å². The first-order valence-corrected chi connectivity index (χ1v) is 12.3. The Bertz CT molecular complexity index is 1050. The van der Waals surface area contributed by atoms with Crippen LogP contribution in [0.15, 0.2) is 59.1 Å². The number of amides is 3. The van der Waals surface area contributed by atoms with Crippen molar-refractivity contribution >= 4 is 33.8 Å². The monoisotopic (exact) mass is 528 g/mol. The molecule has 0 spiro atoms. The van der Waals surface area contributed by atoms with Gasteiger partial charge in [-0.25, -0.2) is 14.5 Å². The average molecular weight is 529 g/mol. The lowest BCUT2D eigenvalue weighted by Crippen LogP contribution is -2.49. The van der Waals surface area contributed by atoms with E-state index in [0.717, 1.165) is 14.9 Å². The number of nitrogens with zero attached hydrogens (tertiary/aromatic N) is 2. The molecule has 0 aromatic heterocycles. The first kappa shape index (κ1) is 25.9. The summed E-state index contributed by atoms with van der Waals surface area (Å²) in [4.78, 5) is 43.9. The second-order valence-corrected chi connectivity index (χ2v) is 11.2. The third-order valence-corrected chi connectivity index (χ3v) is 6.42. The molecule has 0 unspecified atom stereocenters. The Hall–Kier alpha value is -2.67. The second kappa shape index (κ2) is 9.90. The van der Waals surface area contributed by atoms with Gasteiger partial charge < -0.3 is 9.64 Å². The van der Waals surface area contributed by atoms with E-state index in [4.69, 9.17) is 4.74 Å². The van der Waals surface area contributed by atoms with Gasteiger partial charge in [0.05, 0.1) is 0 Å². The van der Waals surface area contributed by atoms with Gasteiger partial charge in [0, 0.05) is 11.0 Å². The Kier molecular flexibility index (Phi) is 7.56. The first-order chi connectivity index (χ1) is 15.8. The summed E-state index contributed by atoms with van der Waals surface area (Å²) < 4.78 is 6.51. The molecule has 0 bridgehead atoms. The predicted octanol–water partition coefficient (Wildman–Crippen LogP) is 5.89. The molecule has 1 heterocycles. The molecular weight excluding hydrogens is 496 g/mol. The number of hydrogen-bond donors (Lipinski definition) is 0. The summed E-state index contributed by atoms with van der Waals surface area (Å²) in [5.74, 6) is -0.921. The highest BCUT2D eigenvalue weighted by Crippen LogP contribution is 2.40. The largest absolute Gasteiger partial charge is 0.458 e. The zero-order chi connectivity index (χ0) is 25.3. The number of urea groups is 1. The third kappa shape index (κ3) is 5.35. The van der Waals surface area contributed by atoms with Crippen LogP contribution in [0.2, 0.25) is 0 Å². The van der Waals surface area contributed by atoms with Gasteiger partial charge in [0.25, 0.3) is 5.91 Å². The lowest BCUT2D eigenvalue weighted by atomic mass is 9.89. The molecule has 2 atom stereocenters. The maximum absolute atomic E-state index is 14.1. The quantitative estimate of drug-likeness (QED) is 0.332. The summed E-state index contributed by atoms with van der Waals surface area (Å²) in [6, 6.07) is 15.4. The molecule has 182 valence electrons. The van der Waals surface area contributed by atoms with Crippen LogP contribution in [0, 0.1) is 5.92 Å². The minimum atomic E-state index is -1.27. The molecule has 0 saturated carbocycles. The number of halogens is 1. The van der Waals surface area contributed by atoms with E-state index in [2.05, 4.69) is 15.9 Å². The van der Waals surface area contributed by atoms with Gasteiger partial charge in [-0.15, -0.1) is 0 Å². The van der Waals surface area contributed by atoms with Gasteiger partial charge >= 0.3 is 12.0 Å². The highest BCUT2D eigenvalue weighted by molar-refractivity contribution is 9.10. The van der Waals surface area contributed by atoms with Crippen molar-refractivity contribution in [3.63, 3.8) is 0 Å². The molecule has 0 N–H and O–H groups in total. The molecule has 1 aliphatic rings. The van der Waals surface area contributed by atoms with Crippen LogP contribution in [0.4, 0.5) is 4.79 Å². The van der Waals surface area contributed by atoms with Crippen LogP contribution in [0.1, 0.15) is 59.1 Å². The molecule has 7 heteroatoms. The highest BCUT2D eigenvalue weighted by atomic mass is 79.9. The summed E-state index contributed by atoms with van der Waals surface area (Å²) in [5, 5.41) is 0. The van der Waals surface area contributed by atoms with Crippen LogP contribution in [0.5, 0.6) is 0 Å². The fraction of sp³-hybridized carbons (Fsp3) is 0.444. The Balaban J connectivity index is 2.10. The topological polar surface area (TPSA) is 66.9 Å². The van der Waals surface area contributed by atoms with E-state index in [1.807, 2.05) is 68.4 Å². The molecule has 34 heavy (non-hydrogen) atoms. The molecule has 1 fully saturated rings. The number of hydrogen-bond acceptors (Lipinski definition) is 4. The van der Waals surface area contributed by atoms with Gasteiger partial charge in [-0.2, -0.15) is 0 Å². The van der Waals surface area contributed by atoms with Crippen molar-refractivity contribution < 1.29 is 19.1 Å². The number of esters is 1. The summed E-state index contributed by atoms with van der Waals surface area (Å²) in [6.07, 6.45) is 0.321. The van der Waals surface area contributed by atoms with E-state index in [1.165, 1.54) is 0 Å². The fourth-order valence-corrected chi connectivity index (χ4v) is 4.47. The number of ether oxygens (including phenoxy) is 1.